The quantitative estimate of drug-likeness (QED) is 0.226. The number of aromatic nitrogens is 3. The van der Waals surface area contributed by atoms with E-state index in [1.165, 1.54) is 11.1 Å². The number of benzene rings is 2. The highest BCUT2D eigenvalue weighted by Crippen LogP contribution is 2.40. The number of ketones is 1. The van der Waals surface area contributed by atoms with Crippen LogP contribution in [0, 0.1) is 5.82 Å². The minimum Gasteiger partial charge on any atom is -0.461 e. The van der Waals surface area contributed by atoms with E-state index >= 15 is 4.39 Å². The second-order valence-corrected chi connectivity index (χ2v) is 12.8. The number of Topliss-reactive ketones (excluding diaryl/α,β-unsaturated/α-hetero) is 1. The second-order valence-electron chi connectivity index (χ2n) is 12.4. The molecule has 3 aliphatic rings. The number of carbonyl (C=O) groups excluding carboxylic acids is 2. The number of aliphatic hydroxyl groups is 2. The highest BCUT2D eigenvalue weighted by molar-refractivity contribution is 6.36. The van der Waals surface area contributed by atoms with Gasteiger partial charge in [0, 0.05) is 55.3 Å². The highest BCUT2D eigenvalue weighted by Gasteiger charge is 2.45. The van der Waals surface area contributed by atoms with Crippen LogP contribution in [0.4, 0.5) is 10.2 Å². The number of ether oxygens (including phenoxy) is 1. The van der Waals surface area contributed by atoms with Gasteiger partial charge in [0.05, 0.1) is 10.9 Å². The van der Waals surface area contributed by atoms with Crippen LogP contribution >= 0.6 is 11.6 Å². The molecule has 3 aliphatic heterocycles. The zero-order valence-electron chi connectivity index (χ0n) is 25.4. The zero-order valence-corrected chi connectivity index (χ0v) is 26.1. The molecule has 0 radical (unpaired) electrons. The Morgan fingerprint density at radius 3 is 2.41 bits per heavy atom. The normalized spacial score (nSPS) is 18.4. The van der Waals surface area contributed by atoms with Gasteiger partial charge in [-0.2, -0.15) is 9.97 Å². The number of halogens is 2. The van der Waals surface area contributed by atoms with E-state index < -0.39 is 23.3 Å². The van der Waals surface area contributed by atoms with E-state index in [0.717, 1.165) is 51.1 Å². The van der Waals surface area contributed by atoms with Crippen LogP contribution in [0.15, 0.2) is 42.6 Å². The van der Waals surface area contributed by atoms with Crippen molar-refractivity contribution in [1.82, 2.24) is 24.8 Å². The van der Waals surface area contributed by atoms with Crippen molar-refractivity contribution in [1.29, 1.82) is 0 Å². The van der Waals surface area contributed by atoms with E-state index in [1.54, 1.807) is 12.1 Å². The van der Waals surface area contributed by atoms with Gasteiger partial charge < -0.3 is 24.7 Å². The summed E-state index contributed by atoms with van der Waals surface area (Å²) >= 11 is 6.58. The van der Waals surface area contributed by atoms with Crippen molar-refractivity contribution in [3.63, 3.8) is 0 Å². The molecule has 3 fully saturated rings. The van der Waals surface area contributed by atoms with Gasteiger partial charge in [0.15, 0.2) is 11.6 Å². The number of hydrogen-bond acceptors (Lipinski definition) is 10. The topological polar surface area (TPSA) is 132 Å². The van der Waals surface area contributed by atoms with Gasteiger partial charge in [0.1, 0.15) is 23.6 Å². The van der Waals surface area contributed by atoms with Gasteiger partial charge in [0.25, 0.3) is 5.91 Å². The first-order chi connectivity index (χ1) is 22.1. The Morgan fingerprint density at radius 1 is 1.02 bits per heavy atom. The summed E-state index contributed by atoms with van der Waals surface area (Å²) in [7, 11) is 0. The fraction of sp³-hybridized carbons (Fsp3) is 0.424. The van der Waals surface area contributed by atoms with E-state index in [4.69, 9.17) is 21.3 Å². The number of carbonyl (C=O) groups is 2. The lowest BCUT2D eigenvalue weighted by atomic mass is 9.95. The molecule has 11 nitrogen and oxygen atoms in total. The molecule has 1 amide bonds. The standard InChI is InChI=1S/C33H34ClFN6O5/c1-20(42)33(44,45)30(43)40-16-14-39(15-17-40)29-23-18-36-27(22-8-2-6-21-7-3-9-24(34)25(21)22)26(35)28(23)37-31(38-29)46-19-32-10-4-12-41(32)13-5-11-32/h2-3,6-9,18,44-45H,4-5,10-17,19H2,1H3. The summed E-state index contributed by atoms with van der Waals surface area (Å²) in [5.41, 5.74) is 0.593. The SMILES string of the molecule is CC(=O)C(O)(O)C(=O)N1CCN(c2nc(OCC34CCCN3CCC4)nc3c(F)c(-c4cccc5cccc(Cl)c45)ncc23)CC1. The van der Waals surface area contributed by atoms with Gasteiger partial charge in [-0.05, 0) is 50.2 Å². The molecular weight excluding hydrogens is 615 g/mol. The van der Waals surface area contributed by atoms with Gasteiger partial charge in [0.2, 0.25) is 0 Å². The zero-order chi connectivity index (χ0) is 32.2. The van der Waals surface area contributed by atoms with Crippen LogP contribution in [0.3, 0.4) is 0 Å². The Balaban J connectivity index is 1.28. The second kappa shape index (κ2) is 11.7. The van der Waals surface area contributed by atoms with Crippen LogP contribution in [0.1, 0.15) is 32.6 Å². The average Bonchev–Trinajstić information content (AvgIpc) is 3.64. The summed E-state index contributed by atoms with van der Waals surface area (Å²) in [4.78, 5) is 43.7. The van der Waals surface area contributed by atoms with Gasteiger partial charge in [-0.1, -0.05) is 41.9 Å². The van der Waals surface area contributed by atoms with E-state index in [-0.39, 0.29) is 48.9 Å². The number of nitrogens with zero attached hydrogens (tertiary/aromatic N) is 6. The fourth-order valence-electron chi connectivity index (χ4n) is 7.16. The molecule has 2 aromatic heterocycles. The summed E-state index contributed by atoms with van der Waals surface area (Å²) in [5.74, 6) is -5.48. The smallest absolute Gasteiger partial charge is 0.319 e. The Bertz CT molecular complexity index is 1850. The highest BCUT2D eigenvalue weighted by atomic mass is 35.5. The molecule has 0 saturated carbocycles. The third kappa shape index (κ3) is 5.13. The number of piperazine rings is 1. The number of fused-ring (bicyclic) bond motifs is 3. The van der Waals surface area contributed by atoms with Crippen molar-refractivity contribution < 1.29 is 28.9 Å². The Labute approximate surface area is 269 Å². The molecule has 5 heterocycles. The summed E-state index contributed by atoms with van der Waals surface area (Å²) in [6, 6.07) is 11.1. The molecule has 0 spiro atoms. The third-order valence-electron chi connectivity index (χ3n) is 9.69. The van der Waals surface area contributed by atoms with Crippen molar-refractivity contribution in [3.8, 4) is 17.3 Å². The maximum Gasteiger partial charge on any atom is 0.319 e. The number of anilines is 1. The number of pyridine rings is 1. The van der Waals surface area contributed by atoms with Crippen LogP contribution < -0.4 is 9.64 Å². The van der Waals surface area contributed by atoms with Crippen molar-refractivity contribution in [2.45, 2.75) is 43.9 Å². The first-order valence-corrected chi connectivity index (χ1v) is 15.9. The lowest BCUT2D eigenvalue weighted by molar-refractivity contribution is -0.197. The van der Waals surface area contributed by atoms with Crippen LogP contribution in [-0.2, 0) is 9.59 Å². The first-order valence-electron chi connectivity index (χ1n) is 15.5. The molecule has 2 N–H and O–H groups in total. The molecule has 0 aliphatic carbocycles. The molecular formula is C33H34ClFN6O5. The summed E-state index contributed by atoms with van der Waals surface area (Å²) in [6.45, 7) is 4.00. The predicted octanol–water partition coefficient (Wildman–Crippen LogP) is 3.56. The molecule has 4 aromatic rings. The van der Waals surface area contributed by atoms with E-state index in [2.05, 4.69) is 14.9 Å². The molecule has 7 rings (SSSR count). The molecule has 3 saturated heterocycles. The van der Waals surface area contributed by atoms with E-state index in [9.17, 15) is 19.8 Å². The Morgan fingerprint density at radius 2 is 1.72 bits per heavy atom. The van der Waals surface area contributed by atoms with Crippen LogP contribution in [0.2, 0.25) is 5.02 Å². The summed E-state index contributed by atoms with van der Waals surface area (Å²) in [6.07, 6.45) is 5.77. The number of hydrogen-bond donors (Lipinski definition) is 2. The van der Waals surface area contributed by atoms with Crippen molar-refractivity contribution in [2.24, 2.45) is 0 Å². The molecule has 46 heavy (non-hydrogen) atoms. The number of amides is 1. The Kier molecular flexibility index (Phi) is 7.79. The van der Waals surface area contributed by atoms with E-state index in [0.29, 0.717) is 33.8 Å². The van der Waals surface area contributed by atoms with Gasteiger partial charge >= 0.3 is 11.8 Å². The van der Waals surface area contributed by atoms with Crippen LogP contribution in [0.25, 0.3) is 32.9 Å². The van der Waals surface area contributed by atoms with Gasteiger partial charge in [-0.3, -0.25) is 19.5 Å². The largest absolute Gasteiger partial charge is 0.461 e. The lowest BCUT2D eigenvalue weighted by Crippen LogP contribution is -2.58. The lowest BCUT2D eigenvalue weighted by Gasteiger charge is -2.37. The maximum atomic E-state index is 16.7. The van der Waals surface area contributed by atoms with Crippen LogP contribution in [-0.4, -0.2) is 104 Å². The summed E-state index contributed by atoms with van der Waals surface area (Å²) in [5, 5.41) is 22.4. The van der Waals surface area contributed by atoms with Gasteiger partial charge in [-0.15, -0.1) is 0 Å². The summed E-state index contributed by atoms with van der Waals surface area (Å²) < 4.78 is 22.9. The third-order valence-corrected chi connectivity index (χ3v) is 10.0. The van der Waals surface area contributed by atoms with E-state index in [1.807, 2.05) is 29.2 Å². The number of rotatable bonds is 7. The predicted molar refractivity (Wildman–Crippen MR) is 170 cm³/mol. The molecule has 0 unspecified atom stereocenters. The maximum absolute atomic E-state index is 16.7. The first kappa shape index (κ1) is 30.7. The molecule has 0 bridgehead atoms. The molecule has 0 atom stereocenters. The molecule has 240 valence electrons. The molecule has 13 heteroatoms. The monoisotopic (exact) mass is 648 g/mol. The van der Waals surface area contributed by atoms with Crippen molar-refractivity contribution >= 4 is 50.8 Å². The van der Waals surface area contributed by atoms with Crippen LogP contribution in [0.5, 0.6) is 6.01 Å². The minimum absolute atomic E-state index is 0.0427. The fourth-order valence-corrected chi connectivity index (χ4v) is 7.44. The Hall–Kier alpha value is -3.97. The van der Waals surface area contributed by atoms with Crippen molar-refractivity contribution in [3.05, 3.63) is 53.4 Å². The molecule has 2 aromatic carbocycles. The van der Waals surface area contributed by atoms with Crippen molar-refractivity contribution in [2.75, 3.05) is 50.8 Å². The average molecular weight is 649 g/mol. The minimum atomic E-state index is -3.09. The van der Waals surface area contributed by atoms with Gasteiger partial charge in [-0.25, -0.2) is 4.39 Å².